The first-order chi connectivity index (χ1) is 1.73. The summed E-state index contributed by atoms with van der Waals surface area (Å²) in [6.07, 6.45) is 0. The fourth-order valence-corrected chi connectivity index (χ4v) is 0. The van der Waals surface area contributed by atoms with Crippen molar-refractivity contribution in [2.75, 3.05) is 0 Å². The minimum atomic E-state index is -4.64. The van der Waals surface area contributed by atoms with Crippen LogP contribution in [0.25, 0.3) is 0 Å². The summed E-state index contributed by atoms with van der Waals surface area (Å²) in [5, 5.41) is 0. The average molecular weight is 174 g/mol. The Morgan fingerprint density at radius 2 is 1.00 bits per heavy atom. The predicted octanol–water partition coefficient (Wildman–Crippen LogP) is -0.0364. The van der Waals surface area contributed by atoms with Gasteiger partial charge < -0.3 is 10.6 Å². The molecule has 0 rings (SSSR count). The molecule has 0 atom stereocenters. The SMILES string of the molecule is [F][Al]([F])[F].[SrH2]. The zero-order valence-electron chi connectivity index (χ0n) is 1.71. The monoisotopic (exact) mass is 174 g/mol. The molecule has 0 aromatic carbocycles. The Labute approximate surface area is 70.4 Å². The van der Waals surface area contributed by atoms with Gasteiger partial charge in [0.05, 0.1) is 0 Å². The zero-order valence-corrected chi connectivity index (χ0v) is 2.87. The normalized spacial score (nSPS) is 5.40. The van der Waals surface area contributed by atoms with Crippen LogP contribution in [0, 0.1) is 0 Å². The standard InChI is InChI=1S/Al.3FH.Sr.2H/h;3*1H;;;/q+3;;;;;;/p-3. The van der Waals surface area contributed by atoms with Crippen LogP contribution in [0.2, 0.25) is 0 Å². The fraction of sp³-hybridized carbons (Fsp3) is 0. The minimum absolute atomic E-state index is 0. The van der Waals surface area contributed by atoms with Gasteiger partial charge >= 0.3 is 61.0 Å². The summed E-state index contributed by atoms with van der Waals surface area (Å²) in [6, 6.07) is 0. The van der Waals surface area contributed by atoms with E-state index in [0.717, 1.165) is 0 Å². The van der Waals surface area contributed by atoms with Gasteiger partial charge in [0.2, 0.25) is 0 Å². The van der Waals surface area contributed by atoms with E-state index in [0.29, 0.717) is 0 Å². The molecule has 0 heterocycles. The second kappa shape index (κ2) is 5.80. The van der Waals surface area contributed by atoms with Crippen molar-refractivity contribution in [3.8, 4) is 0 Å². The van der Waals surface area contributed by atoms with E-state index in [1.807, 2.05) is 0 Å². The molecule has 0 unspecified atom stereocenters. The third-order valence-corrected chi connectivity index (χ3v) is 0. The van der Waals surface area contributed by atoms with Crippen molar-refractivity contribution < 1.29 is 10.6 Å². The van der Waals surface area contributed by atoms with Crippen molar-refractivity contribution >= 4 is 61.0 Å². The molecule has 0 spiro atoms. The Morgan fingerprint density at radius 1 is 1.00 bits per heavy atom. The van der Waals surface area contributed by atoms with Gasteiger partial charge in [-0.3, -0.25) is 0 Å². The molecule has 0 N–H and O–H groups in total. The van der Waals surface area contributed by atoms with E-state index < -0.39 is 15.5 Å². The molecule has 0 aromatic rings. The van der Waals surface area contributed by atoms with E-state index in [2.05, 4.69) is 0 Å². The van der Waals surface area contributed by atoms with Crippen LogP contribution in [0.4, 0.5) is 10.6 Å². The van der Waals surface area contributed by atoms with Gasteiger partial charge in [-0.2, -0.15) is 0 Å². The molecular weight excluding hydrogens is 172 g/mol. The van der Waals surface area contributed by atoms with E-state index in [1.165, 1.54) is 0 Å². The topological polar surface area (TPSA) is 0 Å². The average Bonchev–Trinajstić information content (AvgIpc) is 0.811. The second-order valence-corrected chi connectivity index (χ2v) is 0.742. The molecule has 5 heteroatoms. The van der Waals surface area contributed by atoms with Crippen LogP contribution in [0.5, 0.6) is 0 Å². The molecule has 5 heavy (non-hydrogen) atoms. The maximum absolute atomic E-state index is 9.81. The van der Waals surface area contributed by atoms with Crippen LogP contribution in [0.1, 0.15) is 0 Å². The van der Waals surface area contributed by atoms with Crippen molar-refractivity contribution in [2.24, 2.45) is 0 Å². The summed E-state index contributed by atoms with van der Waals surface area (Å²) >= 11 is -4.64. The molecule has 0 aromatic heterocycles. The summed E-state index contributed by atoms with van der Waals surface area (Å²) in [7, 11) is 0. The Balaban J connectivity index is 0. The van der Waals surface area contributed by atoms with Gasteiger partial charge in [0.15, 0.2) is 0 Å². The second-order valence-electron chi connectivity index (χ2n) is 0.247. The van der Waals surface area contributed by atoms with Crippen molar-refractivity contribution in [3.05, 3.63) is 0 Å². The summed E-state index contributed by atoms with van der Waals surface area (Å²) in [5.74, 6) is 0. The molecular formula is H2AlF3Sr. The van der Waals surface area contributed by atoms with Crippen LogP contribution in [-0.2, 0) is 0 Å². The molecule has 0 aliphatic rings. The maximum atomic E-state index is 9.81. The van der Waals surface area contributed by atoms with Crippen LogP contribution < -0.4 is 0 Å². The number of hydrogen-bond donors (Lipinski definition) is 0. The third kappa shape index (κ3) is 25.8. The Kier molecular flexibility index (Phi) is 11.5. The molecule has 0 amide bonds. The van der Waals surface area contributed by atoms with Crippen molar-refractivity contribution in [2.45, 2.75) is 0 Å². The van der Waals surface area contributed by atoms with Gasteiger partial charge in [-0.15, -0.1) is 0 Å². The van der Waals surface area contributed by atoms with Gasteiger partial charge in [0.1, 0.15) is 0 Å². The quantitative estimate of drug-likeness (QED) is 0.451. The molecule has 0 nitrogen and oxygen atoms in total. The van der Waals surface area contributed by atoms with Gasteiger partial charge in [0.25, 0.3) is 0 Å². The van der Waals surface area contributed by atoms with Crippen LogP contribution >= 0.6 is 0 Å². The fourth-order valence-electron chi connectivity index (χ4n) is 0. The first-order valence-electron chi connectivity index (χ1n) is 0.655. The summed E-state index contributed by atoms with van der Waals surface area (Å²) < 4.78 is 29.4. The van der Waals surface area contributed by atoms with Crippen LogP contribution in [0.3, 0.4) is 0 Å². The van der Waals surface area contributed by atoms with E-state index in [1.54, 1.807) is 0 Å². The molecule has 0 fully saturated rings. The Morgan fingerprint density at radius 3 is 1.00 bits per heavy atom. The third-order valence-electron chi connectivity index (χ3n) is 0. The summed E-state index contributed by atoms with van der Waals surface area (Å²) in [4.78, 5) is 0. The molecule has 0 aliphatic heterocycles. The molecule has 0 saturated carbocycles. The number of hydrogen-bond acceptors (Lipinski definition) is 0. The summed E-state index contributed by atoms with van der Waals surface area (Å²) in [5.41, 5.74) is 0. The van der Waals surface area contributed by atoms with E-state index in [4.69, 9.17) is 0 Å². The summed E-state index contributed by atoms with van der Waals surface area (Å²) in [6.45, 7) is 0. The van der Waals surface area contributed by atoms with Gasteiger partial charge in [0, 0.05) is 0 Å². The Hall–Kier alpha value is 1.80. The molecule has 0 saturated heterocycles. The first-order valence-corrected chi connectivity index (χ1v) is 1.96. The van der Waals surface area contributed by atoms with Gasteiger partial charge in [-0.25, -0.2) is 0 Å². The van der Waals surface area contributed by atoms with Crippen molar-refractivity contribution in [1.82, 2.24) is 0 Å². The predicted molar refractivity (Wildman–Crippen MR) is 17.6 cm³/mol. The van der Waals surface area contributed by atoms with Gasteiger partial charge in [-0.1, -0.05) is 0 Å². The van der Waals surface area contributed by atoms with E-state index >= 15 is 0 Å². The van der Waals surface area contributed by atoms with Crippen molar-refractivity contribution in [3.63, 3.8) is 0 Å². The van der Waals surface area contributed by atoms with Crippen LogP contribution in [-0.4, -0.2) is 61.0 Å². The number of halogens is 3. The zero-order chi connectivity index (χ0) is 3.58. The van der Waals surface area contributed by atoms with Gasteiger partial charge in [-0.05, 0) is 0 Å². The Bertz CT molecular complexity index is 11.6. The van der Waals surface area contributed by atoms with Crippen molar-refractivity contribution in [1.29, 1.82) is 0 Å². The first kappa shape index (κ1) is 9.93. The molecule has 0 aliphatic carbocycles. The van der Waals surface area contributed by atoms with Crippen LogP contribution in [0.15, 0.2) is 0 Å². The van der Waals surface area contributed by atoms with E-state index in [9.17, 15) is 10.6 Å². The number of rotatable bonds is 0. The molecule has 0 radical (unpaired) electrons. The molecule has 0 bridgehead atoms. The molecule has 28 valence electrons. The van der Waals surface area contributed by atoms with E-state index in [-0.39, 0.29) is 45.5 Å².